The fourth-order valence-corrected chi connectivity index (χ4v) is 2.32. The average molecular weight is 280 g/mol. The minimum atomic E-state index is 0.340. The zero-order chi connectivity index (χ0) is 14.5. The molecule has 112 valence electrons. The van der Waals surface area contributed by atoms with Gasteiger partial charge in [0.2, 0.25) is 0 Å². The van der Waals surface area contributed by atoms with Crippen LogP contribution in [0.2, 0.25) is 0 Å². The van der Waals surface area contributed by atoms with E-state index in [0.717, 1.165) is 43.5 Å². The molecule has 1 unspecified atom stereocenters. The van der Waals surface area contributed by atoms with Crippen molar-refractivity contribution in [3.05, 3.63) is 11.6 Å². The molecular weight excluding hydrogens is 256 g/mol. The standard InChI is InChI=1S/C13H24N6O/c1-5-14-13(18(2)3)15-10-6-7-12-16-11(9-20-4)17-19(12)8-10/h10H,5-9H2,1-4H3,(H,14,15). The molecule has 1 aromatic heterocycles. The van der Waals surface area contributed by atoms with E-state index in [1.165, 1.54) is 0 Å². The van der Waals surface area contributed by atoms with Crippen LogP contribution in [0.3, 0.4) is 0 Å². The number of fused-ring (bicyclic) bond motifs is 1. The summed E-state index contributed by atoms with van der Waals surface area (Å²) in [4.78, 5) is 11.0. The molecule has 1 N–H and O–H groups in total. The van der Waals surface area contributed by atoms with Gasteiger partial charge in [0.25, 0.3) is 0 Å². The summed E-state index contributed by atoms with van der Waals surface area (Å²) < 4.78 is 7.06. The van der Waals surface area contributed by atoms with Crippen LogP contribution in [-0.2, 0) is 24.3 Å². The molecule has 0 bridgehead atoms. The van der Waals surface area contributed by atoms with Crippen molar-refractivity contribution in [3.8, 4) is 0 Å². The molecule has 1 atom stereocenters. The summed E-state index contributed by atoms with van der Waals surface area (Å²) in [6.07, 6.45) is 1.98. The SMILES string of the molecule is CCN=C(NC1CCc2nc(COC)nn2C1)N(C)C. The molecule has 20 heavy (non-hydrogen) atoms. The minimum Gasteiger partial charge on any atom is -0.377 e. The molecule has 7 heteroatoms. The molecule has 0 radical (unpaired) electrons. The first-order chi connectivity index (χ1) is 9.63. The summed E-state index contributed by atoms with van der Waals surface area (Å²) in [5.74, 6) is 2.74. The molecule has 0 amide bonds. The molecular formula is C13H24N6O. The normalized spacial score (nSPS) is 18.8. The van der Waals surface area contributed by atoms with Gasteiger partial charge in [0.1, 0.15) is 12.4 Å². The molecule has 2 heterocycles. The average Bonchev–Trinajstić information content (AvgIpc) is 2.80. The first-order valence-corrected chi connectivity index (χ1v) is 7.03. The lowest BCUT2D eigenvalue weighted by Gasteiger charge is -2.27. The van der Waals surface area contributed by atoms with Crippen molar-refractivity contribution in [2.45, 2.75) is 39.0 Å². The number of ether oxygens (including phenoxy) is 1. The second-order valence-corrected chi connectivity index (χ2v) is 5.13. The zero-order valence-corrected chi connectivity index (χ0v) is 12.8. The molecule has 1 aliphatic heterocycles. The van der Waals surface area contributed by atoms with E-state index in [9.17, 15) is 0 Å². The Kier molecular flexibility index (Phi) is 4.94. The van der Waals surface area contributed by atoms with Crippen molar-refractivity contribution in [1.82, 2.24) is 25.0 Å². The van der Waals surface area contributed by atoms with Crippen LogP contribution in [0.15, 0.2) is 4.99 Å². The Morgan fingerprint density at radius 3 is 3.00 bits per heavy atom. The van der Waals surface area contributed by atoms with Crippen LogP contribution in [0.25, 0.3) is 0 Å². The number of rotatable bonds is 4. The van der Waals surface area contributed by atoms with Crippen molar-refractivity contribution in [1.29, 1.82) is 0 Å². The second kappa shape index (κ2) is 6.69. The van der Waals surface area contributed by atoms with Gasteiger partial charge in [0.05, 0.1) is 6.54 Å². The molecule has 0 spiro atoms. The highest BCUT2D eigenvalue weighted by molar-refractivity contribution is 5.79. The smallest absolute Gasteiger partial charge is 0.193 e. The number of guanidine groups is 1. The third-order valence-corrected chi connectivity index (χ3v) is 3.24. The lowest BCUT2D eigenvalue weighted by Crippen LogP contribution is -2.46. The van der Waals surface area contributed by atoms with E-state index in [4.69, 9.17) is 4.74 Å². The van der Waals surface area contributed by atoms with Gasteiger partial charge in [-0.25, -0.2) is 9.67 Å². The second-order valence-electron chi connectivity index (χ2n) is 5.13. The topological polar surface area (TPSA) is 67.6 Å². The number of aryl methyl sites for hydroxylation is 1. The first kappa shape index (κ1) is 14.8. The number of aromatic nitrogens is 3. The maximum Gasteiger partial charge on any atom is 0.193 e. The minimum absolute atomic E-state index is 0.340. The molecule has 2 rings (SSSR count). The predicted octanol–water partition coefficient (Wildman–Crippen LogP) is 0.266. The van der Waals surface area contributed by atoms with E-state index in [1.54, 1.807) is 7.11 Å². The van der Waals surface area contributed by atoms with Gasteiger partial charge in [-0.05, 0) is 13.3 Å². The summed E-state index contributed by atoms with van der Waals surface area (Å²) >= 11 is 0. The third-order valence-electron chi connectivity index (χ3n) is 3.24. The van der Waals surface area contributed by atoms with Crippen LogP contribution in [-0.4, -0.2) is 59.4 Å². The maximum atomic E-state index is 5.08. The Labute approximate surface area is 120 Å². The van der Waals surface area contributed by atoms with Crippen LogP contribution < -0.4 is 5.32 Å². The van der Waals surface area contributed by atoms with E-state index >= 15 is 0 Å². The Morgan fingerprint density at radius 1 is 1.55 bits per heavy atom. The van der Waals surface area contributed by atoms with E-state index in [2.05, 4.69) is 20.4 Å². The molecule has 0 fully saturated rings. The van der Waals surface area contributed by atoms with Gasteiger partial charge >= 0.3 is 0 Å². The van der Waals surface area contributed by atoms with Crippen LogP contribution in [0.1, 0.15) is 25.0 Å². The summed E-state index contributed by atoms with van der Waals surface area (Å²) in [5.41, 5.74) is 0. The van der Waals surface area contributed by atoms with Gasteiger partial charge in [-0.15, -0.1) is 0 Å². The van der Waals surface area contributed by atoms with E-state index < -0.39 is 0 Å². The number of hydrogen-bond donors (Lipinski definition) is 1. The van der Waals surface area contributed by atoms with Gasteiger partial charge in [-0.1, -0.05) is 0 Å². The van der Waals surface area contributed by atoms with E-state index in [0.29, 0.717) is 12.6 Å². The predicted molar refractivity (Wildman–Crippen MR) is 77.6 cm³/mol. The molecule has 0 saturated carbocycles. The van der Waals surface area contributed by atoms with Crippen molar-refractivity contribution in [2.75, 3.05) is 27.7 Å². The highest BCUT2D eigenvalue weighted by Gasteiger charge is 2.22. The number of methoxy groups -OCH3 is 1. The first-order valence-electron chi connectivity index (χ1n) is 7.03. The molecule has 0 aliphatic carbocycles. The number of aliphatic imine (C=N–C) groups is 1. The van der Waals surface area contributed by atoms with Gasteiger partial charge in [-0.2, -0.15) is 5.10 Å². The Bertz CT molecular complexity index is 467. The lowest BCUT2D eigenvalue weighted by atomic mass is 10.1. The third kappa shape index (κ3) is 3.47. The highest BCUT2D eigenvalue weighted by atomic mass is 16.5. The van der Waals surface area contributed by atoms with Gasteiger partial charge in [-0.3, -0.25) is 4.99 Å². The summed E-state index contributed by atoms with van der Waals surface area (Å²) in [6.45, 7) is 4.11. The maximum absolute atomic E-state index is 5.08. The quantitative estimate of drug-likeness (QED) is 0.633. The largest absolute Gasteiger partial charge is 0.377 e. The van der Waals surface area contributed by atoms with Crippen LogP contribution in [0, 0.1) is 0 Å². The molecule has 0 saturated heterocycles. The summed E-state index contributed by atoms with van der Waals surface area (Å²) in [7, 11) is 5.67. The molecule has 7 nitrogen and oxygen atoms in total. The Hall–Kier alpha value is -1.63. The van der Waals surface area contributed by atoms with Crippen molar-refractivity contribution >= 4 is 5.96 Å². The van der Waals surface area contributed by atoms with E-state index in [-0.39, 0.29) is 0 Å². The van der Waals surface area contributed by atoms with Crippen molar-refractivity contribution in [2.24, 2.45) is 4.99 Å². The van der Waals surface area contributed by atoms with Crippen LogP contribution in [0.5, 0.6) is 0 Å². The Balaban J connectivity index is 2.01. The fourth-order valence-electron chi connectivity index (χ4n) is 2.32. The van der Waals surface area contributed by atoms with Gasteiger partial charge in [0.15, 0.2) is 11.8 Å². The van der Waals surface area contributed by atoms with Gasteiger partial charge in [0, 0.05) is 40.2 Å². The lowest BCUT2D eigenvalue weighted by molar-refractivity contribution is 0.177. The molecule has 1 aliphatic rings. The fraction of sp³-hybridized carbons (Fsp3) is 0.769. The monoisotopic (exact) mass is 280 g/mol. The number of nitrogens with one attached hydrogen (secondary N) is 1. The molecule has 1 aromatic rings. The van der Waals surface area contributed by atoms with Gasteiger partial charge < -0.3 is 15.0 Å². The summed E-state index contributed by atoms with van der Waals surface area (Å²) in [6, 6.07) is 0.340. The summed E-state index contributed by atoms with van der Waals surface area (Å²) in [5, 5.41) is 7.97. The number of hydrogen-bond acceptors (Lipinski definition) is 4. The Morgan fingerprint density at radius 2 is 2.35 bits per heavy atom. The van der Waals surface area contributed by atoms with Crippen LogP contribution >= 0.6 is 0 Å². The van der Waals surface area contributed by atoms with Crippen molar-refractivity contribution < 1.29 is 4.74 Å². The number of nitrogens with zero attached hydrogens (tertiary/aromatic N) is 5. The molecule has 0 aromatic carbocycles. The highest BCUT2D eigenvalue weighted by Crippen LogP contribution is 2.13. The van der Waals surface area contributed by atoms with E-state index in [1.807, 2.05) is 30.6 Å². The zero-order valence-electron chi connectivity index (χ0n) is 12.8. The van der Waals surface area contributed by atoms with Crippen molar-refractivity contribution in [3.63, 3.8) is 0 Å². The van der Waals surface area contributed by atoms with Crippen LogP contribution in [0.4, 0.5) is 0 Å².